The Bertz CT molecular complexity index is 983. The van der Waals surface area contributed by atoms with Crippen LogP contribution in [0.25, 0.3) is 17.0 Å². The molecule has 4 rings (SSSR count). The average molecular weight is 316 g/mol. The predicted octanol–water partition coefficient (Wildman–Crippen LogP) is 3.53. The van der Waals surface area contributed by atoms with Gasteiger partial charge >= 0.3 is 0 Å². The number of fused-ring (bicyclic) bond motifs is 1. The van der Waals surface area contributed by atoms with Gasteiger partial charge in [0.05, 0.1) is 12.1 Å². The third kappa shape index (κ3) is 2.24. The second-order valence-electron chi connectivity index (χ2n) is 5.93. The van der Waals surface area contributed by atoms with Crippen LogP contribution in [-0.4, -0.2) is 16.4 Å². The van der Waals surface area contributed by atoms with Crippen molar-refractivity contribution in [2.45, 2.75) is 6.42 Å². The zero-order valence-electron chi connectivity index (χ0n) is 13.3. The maximum absolute atomic E-state index is 12.7. The molecular formula is C20H16N2O2. The first-order valence-electron chi connectivity index (χ1n) is 7.82. The predicted molar refractivity (Wildman–Crippen MR) is 94.4 cm³/mol. The van der Waals surface area contributed by atoms with E-state index in [0.717, 1.165) is 16.5 Å². The number of para-hydroxylation sites is 2. The first kappa shape index (κ1) is 14.5. The van der Waals surface area contributed by atoms with E-state index in [1.165, 1.54) is 4.90 Å². The van der Waals surface area contributed by atoms with Crippen LogP contribution in [0, 0.1) is 0 Å². The molecule has 0 spiro atoms. The molecule has 4 heteroatoms. The van der Waals surface area contributed by atoms with Crippen LogP contribution in [0.1, 0.15) is 12.0 Å². The molecule has 0 radical (unpaired) electrons. The normalized spacial score (nSPS) is 16.5. The Balaban J connectivity index is 1.76. The van der Waals surface area contributed by atoms with Crippen LogP contribution in [0.5, 0.6) is 0 Å². The lowest BCUT2D eigenvalue weighted by molar-refractivity contribution is -0.120. The first-order chi connectivity index (χ1) is 11.6. The van der Waals surface area contributed by atoms with Gasteiger partial charge < -0.3 is 4.57 Å². The highest BCUT2D eigenvalue weighted by molar-refractivity contribution is 6.29. The van der Waals surface area contributed by atoms with E-state index in [1.54, 1.807) is 12.1 Å². The van der Waals surface area contributed by atoms with Crippen LogP contribution in [0.3, 0.4) is 0 Å². The number of aromatic nitrogens is 1. The number of aryl methyl sites for hydroxylation is 1. The standard InChI is InChI=1S/C20H16N2O2/c1-21-13-15(17-9-5-6-10-18(17)21)11-14-12-19(23)22(20(14)24)16-7-3-2-4-8-16/h2-11,13H,12H2,1H3/b14-11-. The largest absolute Gasteiger partial charge is 0.350 e. The number of hydrogen-bond acceptors (Lipinski definition) is 2. The summed E-state index contributed by atoms with van der Waals surface area (Å²) >= 11 is 0. The third-order valence-corrected chi connectivity index (χ3v) is 4.34. The molecule has 1 saturated heterocycles. The number of rotatable bonds is 2. The Kier molecular flexibility index (Phi) is 3.31. The monoisotopic (exact) mass is 316 g/mol. The highest BCUT2D eigenvalue weighted by Crippen LogP contribution is 2.29. The van der Waals surface area contributed by atoms with Gasteiger partial charge in [-0.25, -0.2) is 4.90 Å². The van der Waals surface area contributed by atoms with Crippen LogP contribution >= 0.6 is 0 Å². The summed E-state index contributed by atoms with van der Waals surface area (Å²) in [4.78, 5) is 26.3. The number of carbonyl (C=O) groups excluding carboxylic acids is 2. The van der Waals surface area contributed by atoms with Gasteiger partial charge in [0.15, 0.2) is 0 Å². The molecule has 1 aliphatic rings. The van der Waals surface area contributed by atoms with Gasteiger partial charge in [-0.05, 0) is 24.3 Å². The number of hydrogen-bond donors (Lipinski definition) is 0. The van der Waals surface area contributed by atoms with Crippen LogP contribution < -0.4 is 4.90 Å². The van der Waals surface area contributed by atoms with E-state index in [4.69, 9.17) is 0 Å². The molecule has 2 aromatic carbocycles. The lowest BCUT2D eigenvalue weighted by atomic mass is 10.1. The van der Waals surface area contributed by atoms with Crippen molar-refractivity contribution in [3.63, 3.8) is 0 Å². The van der Waals surface area contributed by atoms with Crippen molar-refractivity contribution in [2.24, 2.45) is 7.05 Å². The molecule has 0 N–H and O–H groups in total. The molecule has 1 aromatic heterocycles. The summed E-state index contributed by atoms with van der Waals surface area (Å²) in [6, 6.07) is 17.1. The van der Waals surface area contributed by atoms with Crippen molar-refractivity contribution in [2.75, 3.05) is 4.90 Å². The molecule has 24 heavy (non-hydrogen) atoms. The summed E-state index contributed by atoms with van der Waals surface area (Å²) < 4.78 is 2.03. The molecule has 0 atom stereocenters. The van der Waals surface area contributed by atoms with E-state index >= 15 is 0 Å². The fourth-order valence-electron chi connectivity index (χ4n) is 3.20. The molecular weight excluding hydrogens is 300 g/mol. The van der Waals surface area contributed by atoms with Gasteiger partial charge in [0.25, 0.3) is 5.91 Å². The second-order valence-corrected chi connectivity index (χ2v) is 5.93. The van der Waals surface area contributed by atoms with E-state index in [1.807, 2.05) is 66.4 Å². The molecule has 2 heterocycles. The number of imide groups is 1. The van der Waals surface area contributed by atoms with Gasteiger partial charge in [-0.2, -0.15) is 0 Å². The first-order valence-corrected chi connectivity index (χ1v) is 7.82. The minimum absolute atomic E-state index is 0.136. The van der Waals surface area contributed by atoms with Crippen molar-refractivity contribution < 1.29 is 9.59 Å². The minimum atomic E-state index is -0.237. The molecule has 1 aliphatic heterocycles. The van der Waals surface area contributed by atoms with Crippen molar-refractivity contribution >= 4 is 34.5 Å². The van der Waals surface area contributed by atoms with Gasteiger partial charge in [0, 0.05) is 35.3 Å². The molecule has 0 bridgehead atoms. The SMILES string of the molecule is Cn1cc(/C=C2/CC(=O)N(c3ccccc3)C2=O)c2ccccc21. The number of carbonyl (C=O) groups is 2. The van der Waals surface area contributed by atoms with Crippen LogP contribution in [0.4, 0.5) is 5.69 Å². The lowest BCUT2D eigenvalue weighted by Crippen LogP contribution is -2.28. The number of nitrogens with zero attached hydrogens (tertiary/aromatic N) is 2. The van der Waals surface area contributed by atoms with Crippen LogP contribution in [-0.2, 0) is 16.6 Å². The molecule has 118 valence electrons. The number of benzene rings is 2. The number of anilines is 1. The summed E-state index contributed by atoms with van der Waals surface area (Å²) in [6.45, 7) is 0. The Hall–Kier alpha value is -3.14. The van der Waals surface area contributed by atoms with Gasteiger partial charge in [-0.3, -0.25) is 9.59 Å². The zero-order valence-corrected chi connectivity index (χ0v) is 13.3. The van der Waals surface area contributed by atoms with Gasteiger partial charge in [-0.15, -0.1) is 0 Å². The Labute approximate surface area is 139 Å². The van der Waals surface area contributed by atoms with E-state index < -0.39 is 0 Å². The summed E-state index contributed by atoms with van der Waals surface area (Å²) in [5, 5.41) is 1.07. The van der Waals surface area contributed by atoms with Gasteiger partial charge in [0.2, 0.25) is 5.91 Å². The molecule has 0 aliphatic carbocycles. The van der Waals surface area contributed by atoms with E-state index in [2.05, 4.69) is 0 Å². The Morgan fingerprint density at radius 1 is 0.958 bits per heavy atom. The van der Waals surface area contributed by atoms with E-state index in [9.17, 15) is 9.59 Å². The van der Waals surface area contributed by atoms with Crippen molar-refractivity contribution in [3.8, 4) is 0 Å². The Morgan fingerprint density at radius 2 is 1.67 bits per heavy atom. The van der Waals surface area contributed by atoms with Gasteiger partial charge in [0.1, 0.15) is 0 Å². The van der Waals surface area contributed by atoms with Crippen molar-refractivity contribution in [1.82, 2.24) is 4.57 Å². The maximum atomic E-state index is 12.7. The Morgan fingerprint density at radius 3 is 2.46 bits per heavy atom. The molecule has 2 amide bonds. The third-order valence-electron chi connectivity index (χ3n) is 4.34. The fraction of sp³-hybridized carbons (Fsp3) is 0.100. The average Bonchev–Trinajstić information content (AvgIpc) is 3.06. The van der Waals surface area contributed by atoms with Crippen molar-refractivity contribution in [3.05, 3.63) is 71.9 Å². The summed E-state index contributed by atoms with van der Waals surface area (Å²) in [7, 11) is 1.97. The summed E-state index contributed by atoms with van der Waals surface area (Å²) in [5.74, 6) is -0.420. The van der Waals surface area contributed by atoms with Crippen LogP contribution in [0.2, 0.25) is 0 Å². The fourth-order valence-corrected chi connectivity index (χ4v) is 3.20. The molecule has 0 unspecified atom stereocenters. The minimum Gasteiger partial charge on any atom is -0.350 e. The lowest BCUT2D eigenvalue weighted by Gasteiger charge is -2.12. The van der Waals surface area contributed by atoms with E-state index in [0.29, 0.717) is 11.3 Å². The summed E-state index contributed by atoms with van der Waals surface area (Å²) in [6.07, 6.45) is 3.96. The highest BCUT2D eigenvalue weighted by Gasteiger charge is 2.34. The quantitative estimate of drug-likeness (QED) is 0.536. The molecule has 3 aromatic rings. The highest BCUT2D eigenvalue weighted by atomic mass is 16.2. The summed E-state index contributed by atoms with van der Waals surface area (Å²) in [5.41, 5.74) is 3.20. The van der Waals surface area contributed by atoms with Crippen molar-refractivity contribution in [1.29, 1.82) is 0 Å². The van der Waals surface area contributed by atoms with E-state index in [-0.39, 0.29) is 18.2 Å². The van der Waals surface area contributed by atoms with Gasteiger partial charge in [-0.1, -0.05) is 36.4 Å². The topological polar surface area (TPSA) is 42.3 Å². The molecule has 1 fully saturated rings. The van der Waals surface area contributed by atoms with Crippen LogP contribution in [0.15, 0.2) is 66.4 Å². The number of amides is 2. The zero-order chi connectivity index (χ0) is 16.7. The maximum Gasteiger partial charge on any atom is 0.261 e. The molecule has 4 nitrogen and oxygen atoms in total. The molecule has 0 saturated carbocycles. The smallest absolute Gasteiger partial charge is 0.261 e. The second kappa shape index (κ2) is 5.49.